The Morgan fingerprint density at radius 2 is 2.03 bits per heavy atom. The highest BCUT2D eigenvalue weighted by molar-refractivity contribution is 5.75. The van der Waals surface area contributed by atoms with E-state index in [9.17, 15) is 14.0 Å². The molecule has 2 aromatic rings. The number of likely N-dealkylation sites (N-methyl/N-ethyl adjacent to an activating group) is 1. The van der Waals surface area contributed by atoms with Crippen LogP contribution in [0.5, 0.6) is 0 Å². The molecule has 0 radical (unpaired) electrons. The topological polar surface area (TPSA) is 82.1 Å². The molecule has 1 atom stereocenters. The van der Waals surface area contributed by atoms with Gasteiger partial charge in [0.15, 0.2) is 0 Å². The molecule has 7 nitrogen and oxygen atoms in total. The average Bonchev–Trinajstić information content (AvgIpc) is 3.20. The molecule has 0 aliphatic carbocycles. The highest BCUT2D eigenvalue weighted by Crippen LogP contribution is 2.27. The molecule has 1 amide bonds. The molecule has 1 saturated heterocycles. The third kappa shape index (κ3) is 5.37. The monoisotopic (exact) mass is 401 g/mol. The van der Waals surface area contributed by atoms with Gasteiger partial charge in [-0.05, 0) is 30.2 Å². The second-order valence-corrected chi connectivity index (χ2v) is 6.95. The molecule has 1 aliphatic rings. The third-order valence-electron chi connectivity index (χ3n) is 4.98. The number of hydrogen-bond donors (Lipinski definition) is 2. The van der Waals surface area contributed by atoms with Crippen molar-refractivity contribution in [1.29, 1.82) is 0 Å². The van der Waals surface area contributed by atoms with Crippen molar-refractivity contribution in [1.82, 2.24) is 4.90 Å². The normalized spacial score (nSPS) is 15.8. The summed E-state index contributed by atoms with van der Waals surface area (Å²) < 4.78 is 19.7. The Morgan fingerprint density at radius 1 is 1.28 bits per heavy atom. The maximum Gasteiger partial charge on any atom is 0.407 e. The van der Waals surface area contributed by atoms with E-state index in [2.05, 4.69) is 5.32 Å². The minimum absolute atomic E-state index is 0.0686. The molecule has 3 rings (SSSR count). The number of benzene rings is 2. The highest BCUT2D eigenvalue weighted by atomic mass is 19.1. The SMILES string of the molecule is CN(C(=O)O)C1CCN(c2ccc(NCC(=O)OCc3ccccc3)cc2F)C1. The molecule has 1 heterocycles. The van der Waals surface area contributed by atoms with Crippen LogP contribution in [0.3, 0.4) is 0 Å². The average molecular weight is 401 g/mol. The van der Waals surface area contributed by atoms with Gasteiger partial charge in [-0.25, -0.2) is 9.18 Å². The molecule has 2 N–H and O–H groups in total. The molecule has 8 heteroatoms. The Bertz CT molecular complexity index is 862. The van der Waals surface area contributed by atoms with Gasteiger partial charge in [0.2, 0.25) is 0 Å². The van der Waals surface area contributed by atoms with Gasteiger partial charge in [-0.3, -0.25) is 4.79 Å². The predicted molar refractivity (Wildman–Crippen MR) is 108 cm³/mol. The van der Waals surface area contributed by atoms with Crippen LogP contribution in [0.4, 0.5) is 20.6 Å². The van der Waals surface area contributed by atoms with Crippen molar-refractivity contribution < 1.29 is 23.8 Å². The molecule has 0 bridgehead atoms. The van der Waals surface area contributed by atoms with Crippen LogP contribution in [0.2, 0.25) is 0 Å². The molecule has 0 saturated carbocycles. The molecule has 0 spiro atoms. The van der Waals surface area contributed by atoms with E-state index in [1.165, 1.54) is 18.0 Å². The van der Waals surface area contributed by atoms with Crippen molar-refractivity contribution in [3.05, 3.63) is 59.9 Å². The quantitative estimate of drug-likeness (QED) is 0.694. The van der Waals surface area contributed by atoms with Crippen LogP contribution in [0.1, 0.15) is 12.0 Å². The summed E-state index contributed by atoms with van der Waals surface area (Å²) in [4.78, 5) is 26.0. The van der Waals surface area contributed by atoms with Gasteiger partial charge in [-0.15, -0.1) is 0 Å². The molecular weight excluding hydrogens is 377 g/mol. The fourth-order valence-corrected chi connectivity index (χ4v) is 3.27. The lowest BCUT2D eigenvalue weighted by Gasteiger charge is -2.23. The van der Waals surface area contributed by atoms with Gasteiger partial charge in [0.05, 0.1) is 11.7 Å². The summed E-state index contributed by atoms with van der Waals surface area (Å²) in [5.41, 5.74) is 1.79. The fourth-order valence-electron chi connectivity index (χ4n) is 3.27. The summed E-state index contributed by atoms with van der Waals surface area (Å²) in [6.45, 7) is 1.15. The maximum absolute atomic E-state index is 14.6. The van der Waals surface area contributed by atoms with Crippen molar-refractivity contribution in [3.8, 4) is 0 Å². The number of anilines is 2. The standard InChI is InChI=1S/C21H24FN3O4/c1-24(21(27)28)17-9-10-25(13-17)19-8-7-16(11-18(19)22)23-12-20(26)29-14-15-5-3-2-4-6-15/h2-8,11,17,23H,9-10,12-14H2,1H3,(H,27,28). The lowest BCUT2D eigenvalue weighted by Crippen LogP contribution is -2.38. The summed E-state index contributed by atoms with van der Waals surface area (Å²) in [6, 6.07) is 13.9. The Kier molecular flexibility index (Phi) is 6.54. The number of ether oxygens (including phenoxy) is 1. The molecule has 29 heavy (non-hydrogen) atoms. The third-order valence-corrected chi connectivity index (χ3v) is 4.98. The summed E-state index contributed by atoms with van der Waals surface area (Å²) in [5, 5.41) is 11.9. The fraction of sp³-hybridized carbons (Fsp3) is 0.333. The van der Waals surface area contributed by atoms with Crippen molar-refractivity contribution >= 4 is 23.4 Å². The van der Waals surface area contributed by atoms with Gasteiger partial charge in [0.25, 0.3) is 0 Å². The van der Waals surface area contributed by atoms with Crippen LogP contribution < -0.4 is 10.2 Å². The van der Waals surface area contributed by atoms with Crippen molar-refractivity contribution in [2.24, 2.45) is 0 Å². The van der Waals surface area contributed by atoms with E-state index >= 15 is 0 Å². The minimum Gasteiger partial charge on any atom is -0.465 e. The summed E-state index contributed by atoms with van der Waals surface area (Å²) >= 11 is 0. The first-order valence-corrected chi connectivity index (χ1v) is 9.37. The van der Waals surface area contributed by atoms with E-state index in [1.807, 2.05) is 35.2 Å². The zero-order valence-corrected chi connectivity index (χ0v) is 16.2. The second-order valence-electron chi connectivity index (χ2n) is 6.95. The summed E-state index contributed by atoms with van der Waals surface area (Å²) in [5.74, 6) is -0.858. The van der Waals surface area contributed by atoms with Gasteiger partial charge >= 0.3 is 12.1 Å². The molecule has 1 unspecified atom stereocenters. The number of carboxylic acid groups (broad SMARTS) is 1. The van der Waals surface area contributed by atoms with Gasteiger partial charge in [-0.2, -0.15) is 0 Å². The number of hydrogen-bond acceptors (Lipinski definition) is 5. The van der Waals surface area contributed by atoms with Crippen molar-refractivity contribution in [2.75, 3.05) is 36.9 Å². The van der Waals surface area contributed by atoms with Gasteiger partial charge in [0, 0.05) is 25.8 Å². The van der Waals surface area contributed by atoms with E-state index in [0.29, 0.717) is 30.9 Å². The molecular formula is C21H24FN3O4. The number of halogens is 1. The number of nitrogens with zero attached hydrogens (tertiary/aromatic N) is 2. The van der Waals surface area contributed by atoms with Crippen LogP contribution in [0.15, 0.2) is 48.5 Å². The molecule has 1 fully saturated rings. The highest BCUT2D eigenvalue weighted by Gasteiger charge is 2.29. The predicted octanol–water partition coefficient (Wildman–Crippen LogP) is 3.17. The van der Waals surface area contributed by atoms with E-state index in [4.69, 9.17) is 9.84 Å². The molecule has 154 valence electrons. The lowest BCUT2D eigenvalue weighted by molar-refractivity contribution is -0.142. The summed E-state index contributed by atoms with van der Waals surface area (Å²) in [6.07, 6.45) is -0.341. The zero-order valence-electron chi connectivity index (χ0n) is 16.2. The van der Waals surface area contributed by atoms with Crippen LogP contribution in [-0.4, -0.2) is 54.8 Å². The largest absolute Gasteiger partial charge is 0.465 e. The van der Waals surface area contributed by atoms with Crippen molar-refractivity contribution in [2.45, 2.75) is 19.1 Å². The Hall–Kier alpha value is -3.29. The number of carbonyl (C=O) groups excluding carboxylic acids is 1. The lowest BCUT2D eigenvalue weighted by atomic mass is 10.2. The van der Waals surface area contributed by atoms with Gasteiger partial charge in [-0.1, -0.05) is 30.3 Å². The zero-order chi connectivity index (χ0) is 20.8. The Balaban J connectivity index is 1.50. The number of nitrogens with one attached hydrogen (secondary N) is 1. The summed E-state index contributed by atoms with van der Waals surface area (Å²) in [7, 11) is 1.52. The first-order valence-electron chi connectivity index (χ1n) is 9.37. The van der Waals surface area contributed by atoms with Gasteiger partial charge < -0.3 is 25.0 Å². The van der Waals surface area contributed by atoms with E-state index in [-0.39, 0.29) is 19.2 Å². The van der Waals surface area contributed by atoms with Crippen LogP contribution >= 0.6 is 0 Å². The first-order chi connectivity index (χ1) is 13.9. The van der Waals surface area contributed by atoms with Crippen LogP contribution in [-0.2, 0) is 16.1 Å². The smallest absolute Gasteiger partial charge is 0.407 e. The number of amides is 1. The maximum atomic E-state index is 14.6. The van der Waals surface area contributed by atoms with Crippen LogP contribution in [0, 0.1) is 5.82 Å². The van der Waals surface area contributed by atoms with Gasteiger partial charge in [0.1, 0.15) is 19.0 Å². The number of carbonyl (C=O) groups is 2. The van der Waals surface area contributed by atoms with Crippen LogP contribution in [0.25, 0.3) is 0 Å². The van der Waals surface area contributed by atoms with E-state index in [1.54, 1.807) is 12.1 Å². The second kappa shape index (κ2) is 9.27. The Morgan fingerprint density at radius 3 is 2.72 bits per heavy atom. The number of rotatable bonds is 7. The number of esters is 1. The van der Waals surface area contributed by atoms with E-state index < -0.39 is 17.9 Å². The minimum atomic E-state index is -0.990. The Labute approximate surface area is 168 Å². The molecule has 0 aromatic heterocycles. The molecule has 1 aliphatic heterocycles. The first kappa shape index (κ1) is 20.4. The van der Waals surface area contributed by atoms with Crippen molar-refractivity contribution in [3.63, 3.8) is 0 Å². The van der Waals surface area contributed by atoms with E-state index in [0.717, 1.165) is 5.56 Å². The molecule has 2 aromatic carbocycles.